The summed E-state index contributed by atoms with van der Waals surface area (Å²) in [7, 11) is 0. The largest absolute Gasteiger partial charge is 0.481 e. The highest BCUT2D eigenvalue weighted by atomic mass is 35.5. The third-order valence-electron chi connectivity index (χ3n) is 5.31. The van der Waals surface area contributed by atoms with Gasteiger partial charge in [-0.15, -0.1) is 0 Å². The third kappa shape index (κ3) is 6.33. The molecule has 0 fully saturated rings. The minimum Gasteiger partial charge on any atom is -0.481 e. The summed E-state index contributed by atoms with van der Waals surface area (Å²) < 4.78 is 19.3. The number of carbonyl (C=O) groups excluding carboxylic acids is 2. The molecule has 2 amide bonds. The Balaban J connectivity index is 1.66. The Bertz CT molecular complexity index is 1150. The van der Waals surface area contributed by atoms with Crippen molar-refractivity contribution in [1.29, 1.82) is 0 Å². The molecule has 0 aliphatic carbocycles. The molecule has 5 nitrogen and oxygen atoms in total. The summed E-state index contributed by atoms with van der Waals surface area (Å²) in [5.41, 5.74) is 2.20. The van der Waals surface area contributed by atoms with Gasteiger partial charge >= 0.3 is 0 Å². The molecule has 0 heterocycles. The van der Waals surface area contributed by atoms with Crippen molar-refractivity contribution in [2.45, 2.75) is 39.2 Å². The fourth-order valence-electron chi connectivity index (χ4n) is 3.22. The second-order valence-electron chi connectivity index (χ2n) is 7.76. The summed E-state index contributed by atoms with van der Waals surface area (Å²) in [6, 6.07) is 18.1. The predicted octanol–water partition coefficient (Wildman–Crippen LogP) is 6.65. The molecule has 3 aromatic carbocycles. The number of anilines is 2. The summed E-state index contributed by atoms with van der Waals surface area (Å²) in [6.45, 7) is 5.90. The monoisotopic (exact) mass is 468 g/mol. The van der Waals surface area contributed by atoms with Crippen LogP contribution in [0.25, 0.3) is 0 Å². The summed E-state index contributed by atoms with van der Waals surface area (Å²) in [6.07, 6.45) is 0.217. The Labute approximate surface area is 197 Å². The van der Waals surface area contributed by atoms with Crippen LogP contribution < -0.4 is 15.4 Å². The Morgan fingerprint density at radius 1 is 0.970 bits per heavy atom. The Morgan fingerprint density at radius 3 is 2.42 bits per heavy atom. The van der Waals surface area contributed by atoms with E-state index >= 15 is 0 Å². The minimum atomic E-state index is -0.742. The van der Waals surface area contributed by atoms with Gasteiger partial charge in [0.15, 0.2) is 6.10 Å². The van der Waals surface area contributed by atoms with Crippen LogP contribution in [-0.2, 0) is 4.79 Å². The first kappa shape index (κ1) is 24.3. The SMILES string of the molecule is CCC(C)c1ccccc1OC(C)C(=O)Nc1cccc(C(=O)Nc2ccc(F)c(Cl)c2)c1. The highest BCUT2D eigenvalue weighted by Crippen LogP contribution is 2.29. The molecule has 172 valence electrons. The first-order valence-corrected chi connectivity index (χ1v) is 11.1. The van der Waals surface area contributed by atoms with Gasteiger partial charge in [0.25, 0.3) is 11.8 Å². The first-order valence-electron chi connectivity index (χ1n) is 10.7. The Kier molecular flexibility index (Phi) is 8.06. The van der Waals surface area contributed by atoms with Gasteiger partial charge in [-0.1, -0.05) is 49.7 Å². The molecule has 2 unspecified atom stereocenters. The third-order valence-corrected chi connectivity index (χ3v) is 5.59. The van der Waals surface area contributed by atoms with E-state index in [-0.39, 0.29) is 10.9 Å². The van der Waals surface area contributed by atoms with Crippen LogP contribution in [0.3, 0.4) is 0 Å². The van der Waals surface area contributed by atoms with Gasteiger partial charge in [0.2, 0.25) is 0 Å². The van der Waals surface area contributed by atoms with E-state index in [0.717, 1.165) is 12.0 Å². The fraction of sp³-hybridized carbons (Fsp3) is 0.231. The second kappa shape index (κ2) is 11.0. The van der Waals surface area contributed by atoms with Crippen molar-refractivity contribution in [2.24, 2.45) is 0 Å². The molecule has 0 aromatic heterocycles. The molecule has 0 bridgehead atoms. The first-order chi connectivity index (χ1) is 15.8. The summed E-state index contributed by atoms with van der Waals surface area (Å²) >= 11 is 5.76. The number of nitrogens with one attached hydrogen (secondary N) is 2. The quantitative estimate of drug-likeness (QED) is 0.389. The van der Waals surface area contributed by atoms with Crippen LogP contribution >= 0.6 is 11.6 Å². The molecule has 0 aliphatic rings. The second-order valence-corrected chi connectivity index (χ2v) is 8.17. The van der Waals surface area contributed by atoms with Crippen molar-refractivity contribution < 1.29 is 18.7 Å². The highest BCUT2D eigenvalue weighted by molar-refractivity contribution is 6.31. The molecule has 7 heteroatoms. The average molecular weight is 469 g/mol. The van der Waals surface area contributed by atoms with Crippen LogP contribution in [0.5, 0.6) is 5.75 Å². The van der Waals surface area contributed by atoms with Gasteiger partial charge in [0.05, 0.1) is 5.02 Å². The molecule has 0 aliphatic heterocycles. The molecule has 2 N–H and O–H groups in total. The van der Waals surface area contributed by atoms with Crippen molar-refractivity contribution in [2.75, 3.05) is 10.6 Å². The van der Waals surface area contributed by atoms with Gasteiger partial charge in [0, 0.05) is 16.9 Å². The molecule has 2 atom stereocenters. The van der Waals surface area contributed by atoms with E-state index in [0.29, 0.717) is 28.6 Å². The summed E-state index contributed by atoms with van der Waals surface area (Å²) in [5.74, 6) is -0.330. The van der Waals surface area contributed by atoms with Gasteiger partial charge in [-0.2, -0.15) is 0 Å². The van der Waals surface area contributed by atoms with Crippen LogP contribution in [0.4, 0.5) is 15.8 Å². The lowest BCUT2D eigenvalue weighted by Crippen LogP contribution is -2.30. The maximum Gasteiger partial charge on any atom is 0.265 e. The molecule has 0 spiro atoms. The zero-order valence-corrected chi connectivity index (χ0v) is 19.4. The number of halogens is 2. The minimum absolute atomic E-state index is 0.0855. The van der Waals surface area contributed by atoms with Crippen molar-refractivity contribution in [3.8, 4) is 5.75 Å². The maximum atomic E-state index is 13.3. The lowest BCUT2D eigenvalue weighted by Gasteiger charge is -2.19. The van der Waals surface area contributed by atoms with E-state index in [1.807, 2.05) is 24.3 Å². The van der Waals surface area contributed by atoms with Crippen molar-refractivity contribution in [3.63, 3.8) is 0 Å². The molecule has 33 heavy (non-hydrogen) atoms. The van der Waals surface area contributed by atoms with E-state index in [2.05, 4.69) is 24.5 Å². The number of hydrogen-bond donors (Lipinski definition) is 2. The Hall–Kier alpha value is -3.38. The maximum absolute atomic E-state index is 13.3. The highest BCUT2D eigenvalue weighted by Gasteiger charge is 2.18. The average Bonchev–Trinajstić information content (AvgIpc) is 2.81. The van der Waals surface area contributed by atoms with E-state index < -0.39 is 17.8 Å². The number of hydrogen-bond acceptors (Lipinski definition) is 3. The zero-order valence-electron chi connectivity index (χ0n) is 18.7. The van der Waals surface area contributed by atoms with Gasteiger partial charge in [-0.05, 0) is 67.3 Å². The van der Waals surface area contributed by atoms with Gasteiger partial charge in [-0.3, -0.25) is 9.59 Å². The van der Waals surface area contributed by atoms with Gasteiger partial charge < -0.3 is 15.4 Å². The van der Waals surface area contributed by atoms with Crippen LogP contribution in [-0.4, -0.2) is 17.9 Å². The number of para-hydroxylation sites is 1. The van der Waals surface area contributed by atoms with Crippen molar-refractivity contribution in [1.82, 2.24) is 0 Å². The van der Waals surface area contributed by atoms with Crippen LogP contribution in [0, 0.1) is 5.82 Å². The predicted molar refractivity (Wildman–Crippen MR) is 130 cm³/mol. The zero-order chi connectivity index (χ0) is 24.0. The van der Waals surface area contributed by atoms with E-state index in [9.17, 15) is 14.0 Å². The lowest BCUT2D eigenvalue weighted by atomic mass is 9.98. The molecule has 0 radical (unpaired) electrons. The van der Waals surface area contributed by atoms with Crippen molar-refractivity contribution in [3.05, 3.63) is 88.7 Å². The van der Waals surface area contributed by atoms with Gasteiger partial charge in [0.1, 0.15) is 11.6 Å². The Morgan fingerprint density at radius 2 is 1.70 bits per heavy atom. The normalized spacial score (nSPS) is 12.5. The fourth-order valence-corrected chi connectivity index (χ4v) is 3.40. The molecular formula is C26H26ClFN2O3. The molecule has 3 rings (SSSR count). The number of rotatable bonds is 8. The number of ether oxygens (including phenoxy) is 1. The lowest BCUT2D eigenvalue weighted by molar-refractivity contribution is -0.122. The summed E-state index contributed by atoms with van der Waals surface area (Å²) in [5, 5.41) is 5.36. The molecule has 0 saturated heterocycles. The van der Waals surface area contributed by atoms with Crippen molar-refractivity contribution >= 4 is 34.8 Å². The smallest absolute Gasteiger partial charge is 0.265 e. The van der Waals surface area contributed by atoms with Gasteiger partial charge in [-0.25, -0.2) is 4.39 Å². The standard InChI is InChI=1S/C26H26ClFN2O3/c1-4-16(2)21-10-5-6-11-24(21)33-17(3)25(31)29-19-9-7-8-18(14-19)26(32)30-20-12-13-23(28)22(27)15-20/h5-17H,4H2,1-3H3,(H,29,31)(H,30,32). The molecule has 0 saturated carbocycles. The number of carbonyl (C=O) groups is 2. The van der Waals surface area contributed by atoms with E-state index in [1.165, 1.54) is 18.2 Å². The summed E-state index contributed by atoms with van der Waals surface area (Å²) in [4.78, 5) is 25.3. The topological polar surface area (TPSA) is 67.4 Å². The van der Waals surface area contributed by atoms with Crippen LogP contribution in [0.15, 0.2) is 66.7 Å². The van der Waals surface area contributed by atoms with Crippen LogP contribution in [0.1, 0.15) is 49.0 Å². The van der Waals surface area contributed by atoms with Crippen LogP contribution in [0.2, 0.25) is 5.02 Å². The molecular weight excluding hydrogens is 443 g/mol. The van der Waals surface area contributed by atoms with E-state index in [4.69, 9.17) is 16.3 Å². The van der Waals surface area contributed by atoms with E-state index in [1.54, 1.807) is 31.2 Å². The number of benzene rings is 3. The molecule has 3 aromatic rings. The number of amides is 2.